The van der Waals surface area contributed by atoms with E-state index in [2.05, 4.69) is 181 Å². The molecule has 0 aliphatic rings. The normalized spacial score (nSPS) is 11.9. The zero-order chi connectivity index (χ0) is 40.7. The molecular formula is C55H32N4OS2. The smallest absolute Gasteiger partial charge is 0.162 e. The van der Waals surface area contributed by atoms with Crippen LogP contribution in [0.25, 0.3) is 107 Å². The zero-order valence-electron chi connectivity index (χ0n) is 33.0. The van der Waals surface area contributed by atoms with Crippen molar-refractivity contribution in [2.24, 2.45) is 0 Å². The minimum Gasteiger partial charge on any atom is -0.454 e. The number of para-hydroxylation sites is 2. The lowest BCUT2D eigenvalue weighted by Gasteiger charge is -2.26. The Bertz CT molecular complexity index is 3710. The fourth-order valence-corrected chi connectivity index (χ4v) is 11.1. The Morgan fingerprint density at radius 2 is 0.839 bits per heavy atom. The van der Waals surface area contributed by atoms with Crippen molar-refractivity contribution >= 4 is 113 Å². The Balaban J connectivity index is 0.903. The second kappa shape index (κ2) is 13.9. The average molecular weight is 829 g/mol. The maximum Gasteiger partial charge on any atom is 0.162 e. The number of nitrogens with zero attached hydrogens (tertiary/aromatic N) is 4. The van der Waals surface area contributed by atoms with Crippen LogP contribution in [0.2, 0.25) is 0 Å². The number of thiophene rings is 2. The van der Waals surface area contributed by atoms with E-state index in [-0.39, 0.29) is 0 Å². The highest BCUT2D eigenvalue weighted by atomic mass is 32.1. The first-order valence-corrected chi connectivity index (χ1v) is 22.2. The third-order valence-corrected chi connectivity index (χ3v) is 14.1. The van der Waals surface area contributed by atoms with Crippen LogP contribution in [0.5, 0.6) is 0 Å². The number of hydrogen-bond acceptors (Lipinski definition) is 7. The van der Waals surface area contributed by atoms with E-state index in [1.54, 1.807) is 22.7 Å². The van der Waals surface area contributed by atoms with E-state index in [0.29, 0.717) is 0 Å². The van der Waals surface area contributed by atoms with E-state index in [9.17, 15) is 0 Å². The number of aromatic nitrogens is 3. The molecule has 7 heteroatoms. The van der Waals surface area contributed by atoms with Gasteiger partial charge in [0.15, 0.2) is 5.58 Å². The van der Waals surface area contributed by atoms with Gasteiger partial charge in [-0.25, -0.2) is 15.0 Å². The SMILES string of the molecule is c1ccc2c(c1)nc(-c1ccc(N(c3ccc(-c4ccc5c(n4)sc4ccccc45)cc3)c3ccc(-c4ccc5c(n4)sc4ccccc45)cc3)cc1)c1oc3ccccc3c12. The van der Waals surface area contributed by atoms with Gasteiger partial charge in [-0.1, -0.05) is 109 Å². The molecule has 7 aromatic carbocycles. The van der Waals surface area contributed by atoms with Crippen LogP contribution >= 0.6 is 22.7 Å². The van der Waals surface area contributed by atoms with Gasteiger partial charge in [0.05, 0.1) is 16.9 Å². The third-order valence-electron chi connectivity index (χ3n) is 11.9. The standard InChI is InChI=1S/C55H32N4OS2/c1-5-13-47-43(11-1)51-44-12-2-6-14-48(44)60-53(51)52(56-47)35-21-27-38(28-22-35)59(36-23-17-33(18-24-36)45-31-29-41-39-9-3-7-15-49(39)61-54(41)57-45)37-25-19-34(20-26-37)46-32-30-42-40-10-4-8-16-50(40)62-55(42)58-46/h1-32H. The Morgan fingerprint density at radius 1 is 0.371 bits per heavy atom. The molecule has 0 bridgehead atoms. The Kier molecular flexibility index (Phi) is 7.88. The molecule has 6 heterocycles. The largest absolute Gasteiger partial charge is 0.454 e. The average Bonchev–Trinajstić information content (AvgIpc) is 4.03. The summed E-state index contributed by atoms with van der Waals surface area (Å²) in [5.74, 6) is 0. The molecule has 62 heavy (non-hydrogen) atoms. The fourth-order valence-electron chi connectivity index (χ4n) is 8.94. The van der Waals surface area contributed by atoms with Gasteiger partial charge in [0, 0.05) is 80.9 Å². The molecule has 13 aromatic rings. The van der Waals surface area contributed by atoms with Crippen molar-refractivity contribution in [2.75, 3.05) is 4.90 Å². The van der Waals surface area contributed by atoms with Gasteiger partial charge >= 0.3 is 0 Å². The van der Waals surface area contributed by atoms with Crippen molar-refractivity contribution < 1.29 is 4.42 Å². The molecule has 0 unspecified atom stereocenters. The summed E-state index contributed by atoms with van der Waals surface area (Å²) in [4.78, 5) is 19.8. The maximum atomic E-state index is 6.55. The van der Waals surface area contributed by atoms with Gasteiger partial charge in [0.1, 0.15) is 20.9 Å². The minimum atomic E-state index is 0.797. The van der Waals surface area contributed by atoms with Crippen LogP contribution in [0.1, 0.15) is 0 Å². The first-order chi connectivity index (χ1) is 30.7. The van der Waals surface area contributed by atoms with Gasteiger partial charge in [-0.3, -0.25) is 0 Å². The van der Waals surface area contributed by atoms with Crippen molar-refractivity contribution in [1.29, 1.82) is 0 Å². The number of fused-ring (bicyclic) bond motifs is 11. The lowest BCUT2D eigenvalue weighted by Crippen LogP contribution is -2.10. The van der Waals surface area contributed by atoms with E-state index in [1.165, 1.54) is 30.9 Å². The summed E-state index contributed by atoms with van der Waals surface area (Å²) >= 11 is 3.48. The van der Waals surface area contributed by atoms with E-state index in [4.69, 9.17) is 19.4 Å². The maximum absolute atomic E-state index is 6.55. The summed E-state index contributed by atoms with van der Waals surface area (Å²) in [6.45, 7) is 0. The number of rotatable bonds is 6. The van der Waals surface area contributed by atoms with Crippen LogP contribution < -0.4 is 4.90 Å². The summed E-state index contributed by atoms with van der Waals surface area (Å²) in [7, 11) is 0. The number of hydrogen-bond donors (Lipinski definition) is 0. The van der Waals surface area contributed by atoms with Crippen molar-refractivity contribution in [3.8, 4) is 33.8 Å². The van der Waals surface area contributed by atoms with Crippen LogP contribution in [-0.2, 0) is 0 Å². The van der Waals surface area contributed by atoms with Gasteiger partial charge < -0.3 is 9.32 Å². The molecule has 290 valence electrons. The Morgan fingerprint density at radius 3 is 1.40 bits per heavy atom. The minimum absolute atomic E-state index is 0.797. The molecule has 0 aliphatic carbocycles. The van der Waals surface area contributed by atoms with Crippen LogP contribution in [-0.4, -0.2) is 15.0 Å². The van der Waals surface area contributed by atoms with Gasteiger partial charge in [-0.05, 0) is 84.9 Å². The summed E-state index contributed by atoms with van der Waals surface area (Å²) in [5.41, 5.74) is 11.5. The molecule has 5 nitrogen and oxygen atoms in total. The van der Waals surface area contributed by atoms with Crippen LogP contribution in [0, 0.1) is 0 Å². The Labute approximate surface area is 363 Å². The predicted octanol–water partition coefficient (Wildman–Crippen LogP) is 16.1. The third kappa shape index (κ3) is 5.63. The van der Waals surface area contributed by atoms with Crippen molar-refractivity contribution in [2.45, 2.75) is 0 Å². The van der Waals surface area contributed by atoms with Crippen molar-refractivity contribution in [3.05, 3.63) is 194 Å². The summed E-state index contributed by atoms with van der Waals surface area (Å²) in [5, 5.41) is 8.17. The van der Waals surface area contributed by atoms with E-state index < -0.39 is 0 Å². The fraction of sp³-hybridized carbons (Fsp3) is 0. The molecule has 0 saturated carbocycles. The highest BCUT2D eigenvalue weighted by Crippen LogP contribution is 2.42. The second-order valence-corrected chi connectivity index (χ2v) is 17.6. The molecule has 0 saturated heterocycles. The molecule has 0 radical (unpaired) electrons. The first kappa shape index (κ1) is 35.1. The number of furan rings is 1. The molecule has 6 aromatic heterocycles. The Hall–Kier alpha value is -7.71. The summed E-state index contributed by atoms with van der Waals surface area (Å²) < 4.78 is 9.06. The number of pyridine rings is 3. The van der Waals surface area contributed by atoms with Gasteiger partial charge in [0.2, 0.25) is 0 Å². The first-order valence-electron chi connectivity index (χ1n) is 20.6. The second-order valence-electron chi connectivity index (χ2n) is 15.6. The van der Waals surface area contributed by atoms with Crippen molar-refractivity contribution in [3.63, 3.8) is 0 Å². The van der Waals surface area contributed by atoms with Gasteiger partial charge in [0.25, 0.3) is 0 Å². The van der Waals surface area contributed by atoms with Crippen LogP contribution in [0.15, 0.2) is 199 Å². The molecule has 0 atom stereocenters. The molecular weight excluding hydrogens is 797 g/mol. The van der Waals surface area contributed by atoms with Crippen molar-refractivity contribution in [1.82, 2.24) is 15.0 Å². The predicted molar refractivity (Wildman–Crippen MR) is 261 cm³/mol. The molecule has 13 rings (SSSR count). The molecule has 0 fully saturated rings. The monoisotopic (exact) mass is 828 g/mol. The van der Waals surface area contributed by atoms with E-state index in [0.717, 1.165) is 93.3 Å². The summed E-state index contributed by atoms with van der Waals surface area (Å²) in [6, 6.07) is 68.4. The van der Waals surface area contributed by atoms with Crippen LogP contribution in [0.3, 0.4) is 0 Å². The number of benzene rings is 7. The van der Waals surface area contributed by atoms with Crippen LogP contribution in [0.4, 0.5) is 17.1 Å². The van der Waals surface area contributed by atoms with E-state index in [1.807, 2.05) is 18.2 Å². The lowest BCUT2D eigenvalue weighted by atomic mass is 10.0. The lowest BCUT2D eigenvalue weighted by molar-refractivity contribution is 0.669. The highest BCUT2D eigenvalue weighted by Gasteiger charge is 2.20. The van der Waals surface area contributed by atoms with E-state index >= 15 is 0 Å². The van der Waals surface area contributed by atoms with Gasteiger partial charge in [-0.15, -0.1) is 22.7 Å². The highest BCUT2D eigenvalue weighted by molar-refractivity contribution is 7.25. The quantitative estimate of drug-likeness (QED) is 0.167. The molecule has 0 spiro atoms. The molecule has 0 N–H and O–H groups in total. The molecule has 0 aliphatic heterocycles. The zero-order valence-corrected chi connectivity index (χ0v) is 34.6. The summed E-state index contributed by atoms with van der Waals surface area (Å²) in [6.07, 6.45) is 0. The number of anilines is 3. The topological polar surface area (TPSA) is 55.1 Å². The molecule has 0 amide bonds. The van der Waals surface area contributed by atoms with Gasteiger partial charge in [-0.2, -0.15) is 0 Å².